The van der Waals surface area contributed by atoms with Gasteiger partial charge in [-0.15, -0.1) is 0 Å². The van der Waals surface area contributed by atoms with Crippen LogP contribution < -0.4 is 10.6 Å². The fraction of sp³-hybridized carbons (Fsp3) is 0.200. The summed E-state index contributed by atoms with van der Waals surface area (Å²) in [6.07, 6.45) is 4.86. The summed E-state index contributed by atoms with van der Waals surface area (Å²) in [4.78, 5) is 27.6. The molecular weight excluding hydrogens is 406 g/mol. The number of hydrogen-bond donors (Lipinski definition) is 2. The van der Waals surface area contributed by atoms with Gasteiger partial charge in [0.25, 0.3) is 0 Å². The predicted octanol–water partition coefficient (Wildman–Crippen LogP) is 3.70. The third kappa shape index (κ3) is 4.44. The van der Waals surface area contributed by atoms with Crippen molar-refractivity contribution < 1.29 is 13.6 Å². The first-order valence-corrected chi connectivity index (χ1v) is 9.28. The molecule has 0 spiro atoms. The highest BCUT2D eigenvalue weighted by molar-refractivity contribution is 5.89. The van der Waals surface area contributed by atoms with Crippen molar-refractivity contribution in [1.29, 1.82) is 0 Å². The fourth-order valence-corrected chi connectivity index (χ4v) is 2.94. The minimum Gasteiger partial charge on any atom is -0.339 e. The number of alkyl halides is 2. The number of hydrogen-bond acceptors (Lipinski definition) is 7. The van der Waals surface area contributed by atoms with Crippen molar-refractivity contribution >= 4 is 28.9 Å². The summed E-state index contributed by atoms with van der Waals surface area (Å²) in [7, 11) is 0. The Kier molecular flexibility index (Phi) is 5.01. The van der Waals surface area contributed by atoms with E-state index in [4.69, 9.17) is 0 Å². The molecule has 0 aliphatic rings. The standard InChI is InChI=1S/C20H18F2N8O/c1-11-8-17(28-19(25-11)20(3,21)22)27-15-9-16(26-12(2)31)24-10-13(15)14-4-5-18-23-6-7-30(18)29-14/h4-10H,1-3H3,(H2,24,25,26,27,28,31). The summed E-state index contributed by atoms with van der Waals surface area (Å²) in [5.74, 6) is -3.62. The number of amides is 1. The highest BCUT2D eigenvalue weighted by Crippen LogP contribution is 2.31. The molecule has 4 heterocycles. The van der Waals surface area contributed by atoms with Crippen LogP contribution in [0, 0.1) is 6.92 Å². The van der Waals surface area contributed by atoms with Gasteiger partial charge in [-0.25, -0.2) is 24.5 Å². The molecule has 0 aliphatic heterocycles. The topological polar surface area (TPSA) is 110 Å². The number of imidazole rings is 1. The molecule has 4 aromatic heterocycles. The second-order valence-corrected chi connectivity index (χ2v) is 6.98. The summed E-state index contributed by atoms with van der Waals surface area (Å²) < 4.78 is 29.2. The fourth-order valence-electron chi connectivity index (χ4n) is 2.94. The van der Waals surface area contributed by atoms with Gasteiger partial charge >= 0.3 is 5.92 Å². The van der Waals surface area contributed by atoms with Crippen LogP contribution in [-0.2, 0) is 10.7 Å². The molecule has 0 fully saturated rings. The van der Waals surface area contributed by atoms with Gasteiger partial charge in [0.1, 0.15) is 11.6 Å². The summed E-state index contributed by atoms with van der Waals surface area (Å²) >= 11 is 0. The Hall–Kier alpha value is -4.02. The lowest BCUT2D eigenvalue weighted by molar-refractivity contribution is -0.114. The zero-order chi connectivity index (χ0) is 22.2. The highest BCUT2D eigenvalue weighted by Gasteiger charge is 2.29. The Morgan fingerprint density at radius 1 is 1.13 bits per heavy atom. The number of rotatable bonds is 5. The number of halogens is 2. The number of aryl methyl sites for hydroxylation is 1. The lowest BCUT2D eigenvalue weighted by Crippen LogP contribution is -2.14. The third-order valence-electron chi connectivity index (χ3n) is 4.25. The molecular formula is C20H18F2N8O. The monoisotopic (exact) mass is 424 g/mol. The SMILES string of the molecule is CC(=O)Nc1cc(Nc2cc(C)nc(C(C)(F)F)n2)c(-c2ccc3nccn3n2)cn1. The van der Waals surface area contributed by atoms with Crippen LogP contribution in [0.1, 0.15) is 25.4 Å². The van der Waals surface area contributed by atoms with Gasteiger partial charge in [-0.3, -0.25) is 4.79 Å². The predicted molar refractivity (Wildman–Crippen MR) is 110 cm³/mol. The first-order valence-electron chi connectivity index (χ1n) is 9.28. The summed E-state index contributed by atoms with van der Waals surface area (Å²) in [5, 5.41) is 10.1. The molecule has 0 saturated heterocycles. The van der Waals surface area contributed by atoms with Crippen molar-refractivity contribution in [2.75, 3.05) is 10.6 Å². The second kappa shape index (κ2) is 7.67. The molecule has 0 bridgehead atoms. The number of aromatic nitrogens is 6. The van der Waals surface area contributed by atoms with Gasteiger partial charge in [0.15, 0.2) is 5.65 Å². The van der Waals surface area contributed by atoms with E-state index in [-0.39, 0.29) is 17.5 Å². The molecule has 0 atom stereocenters. The normalized spacial score (nSPS) is 11.5. The minimum absolute atomic E-state index is 0.175. The van der Waals surface area contributed by atoms with E-state index < -0.39 is 11.7 Å². The molecule has 0 aliphatic carbocycles. The van der Waals surface area contributed by atoms with E-state index in [2.05, 4.69) is 35.7 Å². The van der Waals surface area contributed by atoms with Crippen molar-refractivity contribution in [3.8, 4) is 11.3 Å². The van der Waals surface area contributed by atoms with Gasteiger partial charge in [-0.2, -0.15) is 13.9 Å². The number of carbonyl (C=O) groups is 1. The molecule has 0 radical (unpaired) electrons. The van der Waals surface area contributed by atoms with Crippen molar-refractivity contribution in [1.82, 2.24) is 29.5 Å². The van der Waals surface area contributed by atoms with Gasteiger partial charge in [-0.1, -0.05) is 0 Å². The maximum atomic E-state index is 13.8. The Morgan fingerprint density at radius 2 is 1.94 bits per heavy atom. The maximum absolute atomic E-state index is 13.8. The summed E-state index contributed by atoms with van der Waals surface area (Å²) in [6, 6.07) is 6.68. The Labute approximate surface area is 175 Å². The highest BCUT2D eigenvalue weighted by atomic mass is 19.3. The van der Waals surface area contributed by atoms with Crippen LogP contribution in [-0.4, -0.2) is 35.5 Å². The van der Waals surface area contributed by atoms with E-state index >= 15 is 0 Å². The lowest BCUT2D eigenvalue weighted by Gasteiger charge is -2.15. The quantitative estimate of drug-likeness (QED) is 0.503. The van der Waals surface area contributed by atoms with E-state index in [0.29, 0.717) is 28.3 Å². The first-order chi connectivity index (χ1) is 14.7. The zero-order valence-electron chi connectivity index (χ0n) is 16.9. The van der Waals surface area contributed by atoms with Gasteiger partial charge in [0.2, 0.25) is 11.7 Å². The zero-order valence-corrected chi connectivity index (χ0v) is 16.9. The second-order valence-electron chi connectivity index (χ2n) is 6.98. The number of anilines is 3. The Balaban J connectivity index is 1.81. The van der Waals surface area contributed by atoms with Gasteiger partial charge in [0.05, 0.1) is 11.4 Å². The van der Waals surface area contributed by atoms with Crippen LogP contribution in [0.3, 0.4) is 0 Å². The van der Waals surface area contributed by atoms with Gasteiger partial charge < -0.3 is 10.6 Å². The minimum atomic E-state index is -3.20. The van der Waals surface area contributed by atoms with Crippen molar-refractivity contribution in [3.63, 3.8) is 0 Å². The third-order valence-corrected chi connectivity index (χ3v) is 4.25. The van der Waals surface area contributed by atoms with E-state index in [0.717, 1.165) is 6.92 Å². The average molecular weight is 424 g/mol. The molecule has 4 rings (SSSR count). The molecule has 0 unspecified atom stereocenters. The van der Waals surface area contributed by atoms with Crippen LogP contribution in [0.25, 0.3) is 16.9 Å². The number of fused-ring (bicyclic) bond motifs is 1. The van der Waals surface area contributed by atoms with E-state index in [1.807, 2.05) is 0 Å². The van der Waals surface area contributed by atoms with Crippen LogP contribution in [0.4, 0.5) is 26.1 Å². The maximum Gasteiger partial charge on any atom is 0.303 e. The molecule has 9 nitrogen and oxygen atoms in total. The first kappa shape index (κ1) is 20.3. The molecule has 31 heavy (non-hydrogen) atoms. The Morgan fingerprint density at radius 3 is 2.68 bits per heavy atom. The van der Waals surface area contributed by atoms with Crippen LogP contribution in [0.5, 0.6) is 0 Å². The van der Waals surface area contributed by atoms with E-state index in [1.54, 1.807) is 48.1 Å². The largest absolute Gasteiger partial charge is 0.339 e. The molecule has 158 valence electrons. The van der Waals surface area contributed by atoms with Crippen LogP contribution in [0.15, 0.2) is 42.9 Å². The van der Waals surface area contributed by atoms with Crippen LogP contribution >= 0.6 is 0 Å². The molecule has 4 aromatic rings. The lowest BCUT2D eigenvalue weighted by atomic mass is 10.1. The molecule has 1 amide bonds. The number of carbonyl (C=O) groups excluding carboxylic acids is 1. The van der Waals surface area contributed by atoms with Gasteiger partial charge in [-0.05, 0) is 19.1 Å². The van der Waals surface area contributed by atoms with E-state index in [9.17, 15) is 13.6 Å². The number of nitrogens with one attached hydrogen (secondary N) is 2. The summed E-state index contributed by atoms with van der Waals surface area (Å²) in [6.45, 7) is 3.70. The average Bonchev–Trinajstić information content (AvgIpc) is 3.14. The molecule has 0 aromatic carbocycles. The smallest absolute Gasteiger partial charge is 0.303 e. The molecule has 0 saturated carbocycles. The van der Waals surface area contributed by atoms with Gasteiger partial charge in [0, 0.05) is 55.8 Å². The molecule has 2 N–H and O–H groups in total. The summed E-state index contributed by atoms with van der Waals surface area (Å²) in [5.41, 5.74) is 2.65. The van der Waals surface area contributed by atoms with Crippen molar-refractivity contribution in [3.05, 3.63) is 54.4 Å². The molecule has 11 heteroatoms. The van der Waals surface area contributed by atoms with Crippen molar-refractivity contribution in [2.24, 2.45) is 0 Å². The van der Waals surface area contributed by atoms with Crippen molar-refractivity contribution in [2.45, 2.75) is 26.7 Å². The number of nitrogens with zero attached hydrogens (tertiary/aromatic N) is 6. The Bertz CT molecular complexity index is 1280. The number of pyridine rings is 1. The van der Waals surface area contributed by atoms with Crippen LogP contribution in [0.2, 0.25) is 0 Å². The van der Waals surface area contributed by atoms with E-state index in [1.165, 1.54) is 13.1 Å².